The maximum absolute atomic E-state index is 9.92. The zero-order valence-electron chi connectivity index (χ0n) is 10.9. The lowest BCUT2D eigenvalue weighted by Gasteiger charge is -2.05. The van der Waals surface area contributed by atoms with E-state index in [1.54, 1.807) is 0 Å². The molecule has 0 spiro atoms. The fourth-order valence-corrected chi connectivity index (χ4v) is 0.411. The molecule has 10 heteroatoms. The van der Waals surface area contributed by atoms with Crippen LogP contribution in [-0.2, 0) is 19.1 Å². The van der Waals surface area contributed by atoms with Crippen molar-refractivity contribution in [2.24, 2.45) is 0 Å². The van der Waals surface area contributed by atoms with Gasteiger partial charge in [0.2, 0.25) is 0 Å². The first-order chi connectivity index (χ1) is 9.22. The zero-order valence-corrected chi connectivity index (χ0v) is 10.9. The van der Waals surface area contributed by atoms with E-state index in [1.165, 1.54) is 0 Å². The molecule has 0 bridgehead atoms. The van der Waals surface area contributed by atoms with Crippen molar-refractivity contribution in [3.63, 3.8) is 0 Å². The Hall–Kier alpha value is -1.75. The molecule has 0 aliphatic carbocycles. The van der Waals surface area contributed by atoms with Gasteiger partial charge in [0.1, 0.15) is 13.2 Å². The molecular formula is C10H20O10. The molecule has 0 aromatic heterocycles. The monoisotopic (exact) mass is 300 g/mol. The third-order valence-corrected chi connectivity index (χ3v) is 1.26. The van der Waals surface area contributed by atoms with Crippen molar-refractivity contribution in [3.05, 3.63) is 0 Å². The van der Waals surface area contributed by atoms with Crippen LogP contribution in [-0.4, -0.2) is 74.7 Å². The number of hydrogen-bond donors (Lipinski definition) is 6. The normalized spacial score (nSPS) is 10.2. The SMILES string of the molecule is CCCCOC(O)C(=O)O.O=C(O)CO.O=C(O)CO. The Balaban J connectivity index is -0.000000244. The molecule has 0 aromatic carbocycles. The fraction of sp³-hybridized carbons (Fsp3) is 0.700. The number of carbonyl (C=O) groups is 3. The quantitative estimate of drug-likeness (QED) is 0.235. The number of aliphatic hydroxyl groups is 3. The Kier molecular flexibility index (Phi) is 20.1. The number of hydrogen-bond acceptors (Lipinski definition) is 7. The minimum Gasteiger partial charge on any atom is -0.480 e. The predicted molar refractivity (Wildman–Crippen MR) is 63.9 cm³/mol. The van der Waals surface area contributed by atoms with Crippen LogP contribution >= 0.6 is 0 Å². The van der Waals surface area contributed by atoms with Crippen molar-refractivity contribution >= 4 is 17.9 Å². The van der Waals surface area contributed by atoms with Gasteiger partial charge >= 0.3 is 17.9 Å². The maximum Gasteiger partial charge on any atom is 0.360 e. The number of carboxylic acids is 3. The molecule has 1 unspecified atom stereocenters. The maximum atomic E-state index is 9.92. The third kappa shape index (κ3) is 29.9. The van der Waals surface area contributed by atoms with E-state index in [0.717, 1.165) is 12.8 Å². The van der Waals surface area contributed by atoms with Gasteiger partial charge in [-0.2, -0.15) is 0 Å². The van der Waals surface area contributed by atoms with E-state index >= 15 is 0 Å². The van der Waals surface area contributed by atoms with Gasteiger partial charge in [0.05, 0.1) is 6.61 Å². The third-order valence-electron chi connectivity index (χ3n) is 1.26. The molecule has 0 rings (SSSR count). The van der Waals surface area contributed by atoms with Crippen molar-refractivity contribution in [3.8, 4) is 0 Å². The second kappa shape index (κ2) is 17.2. The number of aliphatic carboxylic acids is 3. The molecule has 0 fully saturated rings. The average molecular weight is 300 g/mol. The standard InChI is InChI=1S/C6H12O4.2C2H4O3/c1-2-3-4-10-6(9)5(7)8;2*3-1-2(4)5/h6,9H,2-4H2,1H3,(H,7,8);2*3H,1H2,(H,4,5). The number of rotatable bonds is 7. The molecular weight excluding hydrogens is 280 g/mol. The molecule has 10 nitrogen and oxygen atoms in total. The number of aliphatic hydroxyl groups excluding tert-OH is 3. The number of unbranched alkanes of at least 4 members (excludes halogenated alkanes) is 1. The van der Waals surface area contributed by atoms with Crippen LogP contribution in [0.4, 0.5) is 0 Å². The first-order valence-electron chi connectivity index (χ1n) is 5.40. The molecule has 0 aromatic rings. The molecule has 6 N–H and O–H groups in total. The highest BCUT2D eigenvalue weighted by Gasteiger charge is 2.11. The van der Waals surface area contributed by atoms with Crippen molar-refractivity contribution in [2.75, 3.05) is 19.8 Å². The lowest BCUT2D eigenvalue weighted by Crippen LogP contribution is -2.23. The van der Waals surface area contributed by atoms with Crippen molar-refractivity contribution < 1.29 is 49.8 Å². The van der Waals surface area contributed by atoms with Crippen LogP contribution in [0.15, 0.2) is 0 Å². The molecule has 120 valence electrons. The minimum absolute atomic E-state index is 0.296. The Morgan fingerprint density at radius 3 is 1.55 bits per heavy atom. The molecule has 0 heterocycles. The second-order valence-electron chi connectivity index (χ2n) is 3.02. The van der Waals surface area contributed by atoms with Crippen LogP contribution in [0.1, 0.15) is 19.8 Å². The van der Waals surface area contributed by atoms with E-state index in [0.29, 0.717) is 6.61 Å². The molecule has 0 aliphatic rings. The lowest BCUT2D eigenvalue weighted by atomic mass is 10.4. The smallest absolute Gasteiger partial charge is 0.360 e. The van der Waals surface area contributed by atoms with Gasteiger partial charge in [0.25, 0.3) is 6.29 Å². The highest BCUT2D eigenvalue weighted by Crippen LogP contribution is 1.91. The van der Waals surface area contributed by atoms with Crippen molar-refractivity contribution in [1.29, 1.82) is 0 Å². The average Bonchev–Trinajstić information content (AvgIpc) is 2.40. The summed E-state index contributed by atoms with van der Waals surface area (Å²) in [6.45, 7) is 0.695. The molecule has 0 saturated heterocycles. The molecule has 20 heavy (non-hydrogen) atoms. The Morgan fingerprint density at radius 2 is 1.35 bits per heavy atom. The largest absolute Gasteiger partial charge is 0.480 e. The summed E-state index contributed by atoms with van der Waals surface area (Å²) < 4.78 is 4.50. The summed E-state index contributed by atoms with van der Waals surface area (Å²) in [5, 5.41) is 46.7. The van der Waals surface area contributed by atoms with Crippen LogP contribution in [0.3, 0.4) is 0 Å². The van der Waals surface area contributed by atoms with E-state index in [9.17, 15) is 4.79 Å². The Labute approximate surface area is 114 Å². The van der Waals surface area contributed by atoms with Crippen molar-refractivity contribution in [2.45, 2.75) is 26.1 Å². The van der Waals surface area contributed by atoms with E-state index in [-0.39, 0.29) is 0 Å². The van der Waals surface area contributed by atoms with Gasteiger partial charge in [0, 0.05) is 0 Å². The van der Waals surface area contributed by atoms with Gasteiger partial charge < -0.3 is 35.4 Å². The van der Waals surface area contributed by atoms with Crippen molar-refractivity contribution in [1.82, 2.24) is 0 Å². The van der Waals surface area contributed by atoms with Gasteiger partial charge in [-0.3, -0.25) is 0 Å². The van der Waals surface area contributed by atoms with Crippen LogP contribution in [0.25, 0.3) is 0 Å². The van der Waals surface area contributed by atoms with Gasteiger partial charge in [-0.05, 0) is 6.42 Å². The summed E-state index contributed by atoms with van der Waals surface area (Å²) >= 11 is 0. The van der Waals surface area contributed by atoms with Crippen LogP contribution in [0.5, 0.6) is 0 Å². The van der Waals surface area contributed by atoms with E-state index in [2.05, 4.69) is 4.74 Å². The van der Waals surface area contributed by atoms with Gasteiger partial charge in [-0.25, -0.2) is 14.4 Å². The predicted octanol–water partition coefficient (Wildman–Crippen LogP) is -1.67. The van der Waals surface area contributed by atoms with Crippen LogP contribution < -0.4 is 0 Å². The van der Waals surface area contributed by atoms with E-state index in [4.69, 9.17) is 40.2 Å². The fourth-order valence-electron chi connectivity index (χ4n) is 0.411. The highest BCUT2D eigenvalue weighted by atomic mass is 16.6. The summed E-state index contributed by atoms with van der Waals surface area (Å²) in [5.41, 5.74) is 0. The van der Waals surface area contributed by atoms with E-state index < -0.39 is 37.4 Å². The second-order valence-corrected chi connectivity index (χ2v) is 3.02. The highest BCUT2D eigenvalue weighted by molar-refractivity contribution is 5.70. The van der Waals surface area contributed by atoms with Gasteiger partial charge in [0.15, 0.2) is 0 Å². The topological polar surface area (TPSA) is 182 Å². The van der Waals surface area contributed by atoms with E-state index in [1.807, 2.05) is 6.92 Å². The lowest BCUT2D eigenvalue weighted by molar-refractivity contribution is -0.176. The minimum atomic E-state index is -1.66. The first-order valence-corrected chi connectivity index (χ1v) is 5.40. The molecule has 0 aliphatic heterocycles. The summed E-state index contributed by atoms with van der Waals surface area (Å²) in [6, 6.07) is 0. The van der Waals surface area contributed by atoms with Gasteiger partial charge in [-0.1, -0.05) is 13.3 Å². The summed E-state index contributed by atoms with van der Waals surface area (Å²) in [7, 11) is 0. The molecule has 0 saturated carbocycles. The number of ether oxygens (including phenoxy) is 1. The summed E-state index contributed by atoms with van der Waals surface area (Å²) in [6.07, 6.45) is 0.0305. The zero-order chi connectivity index (χ0) is 16.6. The summed E-state index contributed by atoms with van der Waals surface area (Å²) in [5.74, 6) is -3.72. The Morgan fingerprint density at radius 1 is 1.00 bits per heavy atom. The molecule has 0 radical (unpaired) electrons. The van der Waals surface area contributed by atoms with Crippen LogP contribution in [0.2, 0.25) is 0 Å². The summed E-state index contributed by atoms with van der Waals surface area (Å²) in [4.78, 5) is 28.2. The van der Waals surface area contributed by atoms with Gasteiger partial charge in [-0.15, -0.1) is 0 Å². The first kappa shape index (κ1) is 23.4. The number of carboxylic acid groups (broad SMARTS) is 3. The molecule has 0 amide bonds. The van der Waals surface area contributed by atoms with Crippen LogP contribution in [0, 0.1) is 0 Å². The molecule has 1 atom stereocenters. The Bertz CT molecular complexity index is 251.